The van der Waals surface area contributed by atoms with Crippen LogP contribution < -0.4 is 0 Å². The van der Waals surface area contributed by atoms with E-state index in [1.165, 1.54) is 24.4 Å². The Balaban J connectivity index is 2.18. The molecule has 0 amide bonds. The molecule has 0 fully saturated rings. The van der Waals surface area contributed by atoms with Gasteiger partial charge in [-0.2, -0.15) is 0 Å². The molecule has 0 aliphatic heterocycles. The fourth-order valence-corrected chi connectivity index (χ4v) is 2.56. The molecule has 0 saturated carbocycles. The van der Waals surface area contributed by atoms with E-state index in [1.807, 2.05) is 0 Å². The molecule has 20 heavy (non-hydrogen) atoms. The summed E-state index contributed by atoms with van der Waals surface area (Å²) in [5.74, 6) is -1.09. The Kier molecular flexibility index (Phi) is 3.24. The average molecular weight is 308 g/mol. The lowest BCUT2D eigenvalue weighted by molar-refractivity contribution is 0.103. The van der Waals surface area contributed by atoms with Crippen LogP contribution in [0, 0.1) is 5.82 Å². The van der Waals surface area contributed by atoms with Gasteiger partial charge in [0.1, 0.15) is 5.82 Å². The van der Waals surface area contributed by atoms with Crippen LogP contribution in [0.15, 0.2) is 42.6 Å². The molecule has 2 aromatic carbocycles. The van der Waals surface area contributed by atoms with Crippen molar-refractivity contribution in [3.05, 3.63) is 69.6 Å². The molecule has 100 valence electrons. The summed E-state index contributed by atoms with van der Waals surface area (Å²) in [6, 6.07) is 9.27. The third kappa shape index (κ3) is 2.09. The van der Waals surface area contributed by atoms with E-state index in [2.05, 4.69) is 4.98 Å². The zero-order valence-corrected chi connectivity index (χ0v) is 11.6. The molecule has 0 atom stereocenters. The van der Waals surface area contributed by atoms with Crippen molar-refractivity contribution in [3.63, 3.8) is 0 Å². The third-order valence-electron chi connectivity index (χ3n) is 3.08. The van der Waals surface area contributed by atoms with E-state index < -0.39 is 11.6 Å². The molecule has 1 N–H and O–H groups in total. The standard InChI is InChI=1S/C15H8Cl2FNO/c16-8-4-5-9-10(7-19-13(9)6-8)15(20)14-11(17)2-1-3-12(14)18/h1-7,19H. The highest BCUT2D eigenvalue weighted by atomic mass is 35.5. The Morgan fingerprint density at radius 1 is 1.15 bits per heavy atom. The molecule has 0 radical (unpaired) electrons. The third-order valence-corrected chi connectivity index (χ3v) is 3.63. The largest absolute Gasteiger partial charge is 0.360 e. The molecule has 0 saturated heterocycles. The van der Waals surface area contributed by atoms with Gasteiger partial charge in [-0.15, -0.1) is 0 Å². The first-order valence-electron chi connectivity index (χ1n) is 5.83. The van der Waals surface area contributed by atoms with Crippen LogP contribution >= 0.6 is 23.2 Å². The van der Waals surface area contributed by atoms with Crippen LogP contribution in [0.25, 0.3) is 10.9 Å². The first kappa shape index (κ1) is 13.2. The summed E-state index contributed by atoms with van der Waals surface area (Å²) in [6.07, 6.45) is 1.53. The maximum absolute atomic E-state index is 13.8. The SMILES string of the molecule is O=C(c1c(F)cccc1Cl)c1c[nH]c2cc(Cl)ccc12. The Morgan fingerprint density at radius 3 is 2.70 bits per heavy atom. The smallest absolute Gasteiger partial charge is 0.199 e. The molecule has 2 nitrogen and oxygen atoms in total. The van der Waals surface area contributed by atoms with Gasteiger partial charge < -0.3 is 4.98 Å². The lowest BCUT2D eigenvalue weighted by Crippen LogP contribution is -2.04. The second-order valence-corrected chi connectivity index (χ2v) is 5.16. The topological polar surface area (TPSA) is 32.9 Å². The van der Waals surface area contributed by atoms with Gasteiger partial charge in [-0.3, -0.25) is 4.79 Å². The second-order valence-electron chi connectivity index (χ2n) is 4.32. The maximum atomic E-state index is 13.8. The van der Waals surface area contributed by atoms with Crippen molar-refractivity contribution in [2.45, 2.75) is 0 Å². The lowest BCUT2D eigenvalue weighted by Gasteiger charge is -2.04. The van der Waals surface area contributed by atoms with Gasteiger partial charge in [0.15, 0.2) is 5.78 Å². The van der Waals surface area contributed by atoms with E-state index in [4.69, 9.17) is 23.2 Å². The van der Waals surface area contributed by atoms with Gasteiger partial charge >= 0.3 is 0 Å². The first-order chi connectivity index (χ1) is 9.58. The number of carbonyl (C=O) groups is 1. The second kappa shape index (κ2) is 4.93. The number of ketones is 1. The van der Waals surface area contributed by atoms with Gasteiger partial charge in [-0.1, -0.05) is 35.3 Å². The van der Waals surface area contributed by atoms with Crippen molar-refractivity contribution >= 4 is 39.9 Å². The highest BCUT2D eigenvalue weighted by Crippen LogP contribution is 2.27. The normalized spacial score (nSPS) is 10.9. The molecule has 5 heteroatoms. The molecule has 1 heterocycles. The van der Waals surface area contributed by atoms with Crippen LogP contribution in [0.2, 0.25) is 10.0 Å². The van der Waals surface area contributed by atoms with Crippen LogP contribution in [-0.4, -0.2) is 10.8 Å². The summed E-state index contributed by atoms with van der Waals surface area (Å²) in [6.45, 7) is 0. The van der Waals surface area contributed by atoms with Crippen molar-refractivity contribution in [1.82, 2.24) is 4.98 Å². The quantitative estimate of drug-likeness (QED) is 0.675. The summed E-state index contributed by atoms with van der Waals surface area (Å²) >= 11 is 11.8. The molecule has 0 bridgehead atoms. The van der Waals surface area contributed by atoms with Crippen molar-refractivity contribution in [2.24, 2.45) is 0 Å². The minimum Gasteiger partial charge on any atom is -0.360 e. The van der Waals surface area contributed by atoms with Gasteiger partial charge in [0.25, 0.3) is 0 Å². The summed E-state index contributed by atoms with van der Waals surface area (Å²) < 4.78 is 13.8. The average Bonchev–Trinajstić information content (AvgIpc) is 2.81. The number of hydrogen-bond acceptors (Lipinski definition) is 1. The molecule has 0 spiro atoms. The van der Waals surface area contributed by atoms with Gasteiger partial charge in [0.05, 0.1) is 10.6 Å². The number of aromatic nitrogens is 1. The van der Waals surface area contributed by atoms with E-state index in [9.17, 15) is 9.18 Å². The lowest BCUT2D eigenvalue weighted by atomic mass is 10.0. The van der Waals surface area contributed by atoms with Crippen LogP contribution in [0.4, 0.5) is 4.39 Å². The molecule has 0 unspecified atom stereocenters. The van der Waals surface area contributed by atoms with Gasteiger partial charge in [0.2, 0.25) is 0 Å². The predicted molar refractivity (Wildman–Crippen MR) is 78.2 cm³/mol. The highest BCUT2D eigenvalue weighted by molar-refractivity contribution is 6.35. The number of rotatable bonds is 2. The minimum atomic E-state index is -0.634. The van der Waals surface area contributed by atoms with Crippen molar-refractivity contribution in [1.29, 1.82) is 0 Å². The number of benzene rings is 2. The summed E-state index contributed by atoms with van der Waals surface area (Å²) in [5, 5.41) is 1.33. The maximum Gasteiger partial charge on any atom is 0.199 e. The molecule has 0 aliphatic rings. The number of fused-ring (bicyclic) bond motifs is 1. The van der Waals surface area contributed by atoms with Crippen LogP contribution in [-0.2, 0) is 0 Å². The fraction of sp³-hybridized carbons (Fsp3) is 0. The van der Waals surface area contributed by atoms with Crippen LogP contribution in [0.1, 0.15) is 15.9 Å². The Morgan fingerprint density at radius 2 is 1.95 bits per heavy atom. The highest BCUT2D eigenvalue weighted by Gasteiger charge is 2.20. The number of H-pyrrole nitrogens is 1. The van der Waals surface area contributed by atoms with E-state index >= 15 is 0 Å². The summed E-state index contributed by atoms with van der Waals surface area (Å²) in [4.78, 5) is 15.4. The molecule has 3 rings (SSSR count). The van der Waals surface area contributed by atoms with Crippen molar-refractivity contribution < 1.29 is 9.18 Å². The van der Waals surface area contributed by atoms with E-state index in [-0.39, 0.29) is 10.6 Å². The van der Waals surface area contributed by atoms with Crippen LogP contribution in [0.5, 0.6) is 0 Å². The molecule has 0 aliphatic carbocycles. The number of aromatic amines is 1. The Labute approximate surface area is 124 Å². The first-order valence-corrected chi connectivity index (χ1v) is 6.59. The molecule has 3 aromatic rings. The van der Waals surface area contributed by atoms with Crippen LogP contribution in [0.3, 0.4) is 0 Å². The Bertz CT molecular complexity index is 806. The van der Waals surface area contributed by atoms with Gasteiger partial charge in [0, 0.05) is 27.7 Å². The Hall–Kier alpha value is -1.84. The number of halogens is 3. The number of carbonyl (C=O) groups excluding carboxylic acids is 1. The fourth-order valence-electron chi connectivity index (χ4n) is 2.14. The summed E-state index contributed by atoms with van der Waals surface area (Å²) in [5.41, 5.74) is 0.960. The zero-order valence-electron chi connectivity index (χ0n) is 10.1. The van der Waals surface area contributed by atoms with Gasteiger partial charge in [-0.25, -0.2) is 4.39 Å². The van der Waals surface area contributed by atoms with E-state index in [1.54, 1.807) is 18.2 Å². The predicted octanol–water partition coefficient (Wildman–Crippen LogP) is 4.84. The van der Waals surface area contributed by atoms with Gasteiger partial charge in [-0.05, 0) is 24.3 Å². The monoisotopic (exact) mass is 307 g/mol. The van der Waals surface area contributed by atoms with E-state index in [0.717, 1.165) is 0 Å². The van der Waals surface area contributed by atoms with Crippen molar-refractivity contribution in [3.8, 4) is 0 Å². The molecular weight excluding hydrogens is 300 g/mol. The number of nitrogens with one attached hydrogen (secondary N) is 1. The van der Waals surface area contributed by atoms with Crippen molar-refractivity contribution in [2.75, 3.05) is 0 Å². The number of hydrogen-bond donors (Lipinski definition) is 1. The van der Waals surface area contributed by atoms with E-state index in [0.29, 0.717) is 21.5 Å². The molecular formula is C15H8Cl2FNO. The minimum absolute atomic E-state index is 0.0957. The summed E-state index contributed by atoms with van der Waals surface area (Å²) in [7, 11) is 0. The molecule has 1 aromatic heterocycles. The zero-order chi connectivity index (χ0) is 14.3.